The van der Waals surface area contributed by atoms with Crippen LogP contribution < -0.4 is 10.6 Å². The molecular formula is C11H20N2O. The number of carbonyl (C=O) groups excluding carboxylic acids is 1. The Morgan fingerprint density at radius 1 is 1.07 bits per heavy atom. The van der Waals surface area contributed by atoms with Gasteiger partial charge in [0, 0.05) is 25.0 Å². The third kappa shape index (κ3) is 2.71. The Balaban J connectivity index is 1.71. The zero-order chi connectivity index (χ0) is 9.80. The minimum absolute atomic E-state index is 0.215. The van der Waals surface area contributed by atoms with E-state index in [2.05, 4.69) is 10.6 Å². The fourth-order valence-corrected chi connectivity index (χ4v) is 2.48. The van der Waals surface area contributed by atoms with Crippen LogP contribution in [0.3, 0.4) is 0 Å². The van der Waals surface area contributed by atoms with Crippen molar-refractivity contribution in [2.75, 3.05) is 6.54 Å². The second kappa shape index (κ2) is 4.78. The summed E-state index contributed by atoms with van der Waals surface area (Å²) in [5.41, 5.74) is 0. The molecule has 1 unspecified atom stereocenters. The van der Waals surface area contributed by atoms with Gasteiger partial charge in [0.05, 0.1) is 0 Å². The highest BCUT2D eigenvalue weighted by molar-refractivity contribution is 5.76. The average Bonchev–Trinajstić information content (AvgIpc) is 2.23. The van der Waals surface area contributed by atoms with Crippen LogP contribution in [0.4, 0.5) is 0 Å². The van der Waals surface area contributed by atoms with Crippen molar-refractivity contribution in [2.24, 2.45) is 0 Å². The molecule has 2 aliphatic rings. The number of piperidine rings is 1. The molecule has 1 atom stereocenters. The molecule has 1 saturated carbocycles. The van der Waals surface area contributed by atoms with Gasteiger partial charge in [-0.05, 0) is 19.3 Å². The van der Waals surface area contributed by atoms with Gasteiger partial charge >= 0.3 is 0 Å². The first kappa shape index (κ1) is 9.97. The van der Waals surface area contributed by atoms with Gasteiger partial charge in [-0.1, -0.05) is 19.3 Å². The maximum absolute atomic E-state index is 11.0. The molecule has 2 rings (SSSR count). The van der Waals surface area contributed by atoms with E-state index in [-0.39, 0.29) is 5.91 Å². The fourth-order valence-electron chi connectivity index (χ4n) is 2.48. The first-order valence-corrected chi connectivity index (χ1v) is 5.87. The zero-order valence-electron chi connectivity index (χ0n) is 8.72. The molecule has 2 N–H and O–H groups in total. The van der Waals surface area contributed by atoms with E-state index in [0.717, 1.165) is 13.0 Å². The number of amides is 1. The summed E-state index contributed by atoms with van der Waals surface area (Å²) in [6.45, 7) is 0.829. The minimum atomic E-state index is 0.215. The second-order valence-electron chi connectivity index (χ2n) is 4.54. The molecule has 3 nitrogen and oxygen atoms in total. The zero-order valence-corrected chi connectivity index (χ0v) is 8.72. The molecule has 14 heavy (non-hydrogen) atoms. The minimum Gasteiger partial charge on any atom is -0.355 e. The number of rotatable bonds is 2. The Morgan fingerprint density at radius 2 is 1.86 bits per heavy atom. The molecule has 0 spiro atoms. The Labute approximate surface area is 85.6 Å². The Kier molecular flexibility index (Phi) is 3.40. The standard InChI is InChI=1S/C11H20N2O/c14-11-7-6-10(8-12-11)13-9-4-2-1-3-5-9/h9-10,13H,1-8H2,(H,12,14). The van der Waals surface area contributed by atoms with Crippen molar-refractivity contribution >= 4 is 5.91 Å². The summed E-state index contributed by atoms with van der Waals surface area (Å²) in [6, 6.07) is 1.24. The van der Waals surface area contributed by atoms with E-state index in [4.69, 9.17) is 0 Å². The molecule has 0 bridgehead atoms. The van der Waals surface area contributed by atoms with Crippen LogP contribution in [0.15, 0.2) is 0 Å². The molecular weight excluding hydrogens is 176 g/mol. The van der Waals surface area contributed by atoms with Crippen LogP contribution in [-0.4, -0.2) is 24.5 Å². The van der Waals surface area contributed by atoms with E-state index >= 15 is 0 Å². The lowest BCUT2D eigenvalue weighted by atomic mass is 9.94. The van der Waals surface area contributed by atoms with Gasteiger partial charge in [0.2, 0.25) is 5.91 Å². The predicted molar refractivity (Wildman–Crippen MR) is 56.0 cm³/mol. The molecule has 0 aromatic heterocycles. The summed E-state index contributed by atoms with van der Waals surface area (Å²) in [6.07, 6.45) is 8.51. The molecule has 80 valence electrons. The van der Waals surface area contributed by atoms with Crippen LogP contribution in [0.25, 0.3) is 0 Å². The molecule has 2 fully saturated rings. The molecule has 3 heteroatoms. The third-order valence-electron chi connectivity index (χ3n) is 3.34. The Morgan fingerprint density at radius 3 is 2.50 bits per heavy atom. The molecule has 1 aliphatic heterocycles. The van der Waals surface area contributed by atoms with Crippen LogP contribution in [0.2, 0.25) is 0 Å². The van der Waals surface area contributed by atoms with Gasteiger partial charge < -0.3 is 10.6 Å². The Hall–Kier alpha value is -0.570. The molecule has 1 heterocycles. The Bertz CT molecular complexity index is 189. The van der Waals surface area contributed by atoms with Gasteiger partial charge in [0.25, 0.3) is 0 Å². The van der Waals surface area contributed by atoms with Crippen molar-refractivity contribution in [3.63, 3.8) is 0 Å². The smallest absolute Gasteiger partial charge is 0.220 e. The average molecular weight is 196 g/mol. The van der Waals surface area contributed by atoms with Crippen LogP contribution >= 0.6 is 0 Å². The van der Waals surface area contributed by atoms with Crippen molar-refractivity contribution in [2.45, 2.75) is 57.0 Å². The van der Waals surface area contributed by atoms with Gasteiger partial charge in [0.15, 0.2) is 0 Å². The molecule has 1 amide bonds. The van der Waals surface area contributed by atoms with Crippen LogP contribution in [0.1, 0.15) is 44.9 Å². The van der Waals surface area contributed by atoms with Gasteiger partial charge in [-0.25, -0.2) is 0 Å². The summed E-state index contributed by atoms with van der Waals surface area (Å²) in [5.74, 6) is 0.215. The first-order valence-electron chi connectivity index (χ1n) is 5.87. The molecule has 1 aliphatic carbocycles. The summed E-state index contributed by atoms with van der Waals surface area (Å²) in [7, 11) is 0. The SMILES string of the molecule is O=C1CCC(NC2CCCCC2)CN1. The lowest BCUT2D eigenvalue weighted by molar-refractivity contribution is -0.122. The topological polar surface area (TPSA) is 41.1 Å². The lowest BCUT2D eigenvalue weighted by Crippen LogP contribution is -2.49. The highest BCUT2D eigenvalue weighted by atomic mass is 16.1. The quantitative estimate of drug-likeness (QED) is 0.696. The number of hydrogen-bond acceptors (Lipinski definition) is 2. The van der Waals surface area contributed by atoms with Gasteiger partial charge in [0.1, 0.15) is 0 Å². The molecule has 0 aromatic carbocycles. The van der Waals surface area contributed by atoms with E-state index < -0.39 is 0 Å². The van der Waals surface area contributed by atoms with Crippen LogP contribution in [-0.2, 0) is 4.79 Å². The van der Waals surface area contributed by atoms with E-state index in [0.29, 0.717) is 18.5 Å². The largest absolute Gasteiger partial charge is 0.355 e. The molecule has 1 saturated heterocycles. The second-order valence-corrected chi connectivity index (χ2v) is 4.54. The van der Waals surface area contributed by atoms with Crippen molar-refractivity contribution in [3.8, 4) is 0 Å². The normalized spacial score (nSPS) is 30.0. The maximum Gasteiger partial charge on any atom is 0.220 e. The van der Waals surface area contributed by atoms with Gasteiger partial charge in [-0.3, -0.25) is 4.79 Å². The fraction of sp³-hybridized carbons (Fsp3) is 0.909. The summed E-state index contributed by atoms with van der Waals surface area (Å²) >= 11 is 0. The first-order chi connectivity index (χ1) is 6.84. The maximum atomic E-state index is 11.0. The van der Waals surface area contributed by atoms with E-state index in [1.807, 2.05) is 0 Å². The van der Waals surface area contributed by atoms with Crippen LogP contribution in [0, 0.1) is 0 Å². The van der Waals surface area contributed by atoms with E-state index in [1.54, 1.807) is 0 Å². The lowest BCUT2D eigenvalue weighted by Gasteiger charge is -2.30. The molecule has 0 aromatic rings. The summed E-state index contributed by atoms with van der Waals surface area (Å²) < 4.78 is 0. The number of carbonyl (C=O) groups is 1. The third-order valence-corrected chi connectivity index (χ3v) is 3.34. The number of hydrogen-bond donors (Lipinski definition) is 2. The summed E-state index contributed by atoms with van der Waals surface area (Å²) in [5, 5.41) is 6.58. The van der Waals surface area contributed by atoms with Gasteiger partial charge in [-0.2, -0.15) is 0 Å². The van der Waals surface area contributed by atoms with Crippen molar-refractivity contribution in [3.05, 3.63) is 0 Å². The van der Waals surface area contributed by atoms with Gasteiger partial charge in [-0.15, -0.1) is 0 Å². The molecule has 0 radical (unpaired) electrons. The van der Waals surface area contributed by atoms with Crippen molar-refractivity contribution in [1.29, 1.82) is 0 Å². The number of nitrogens with one attached hydrogen (secondary N) is 2. The summed E-state index contributed by atoms with van der Waals surface area (Å²) in [4.78, 5) is 11.0. The van der Waals surface area contributed by atoms with Crippen molar-refractivity contribution < 1.29 is 4.79 Å². The monoisotopic (exact) mass is 196 g/mol. The van der Waals surface area contributed by atoms with Crippen LogP contribution in [0.5, 0.6) is 0 Å². The van der Waals surface area contributed by atoms with E-state index in [1.165, 1.54) is 32.1 Å². The highest BCUT2D eigenvalue weighted by Crippen LogP contribution is 2.18. The highest BCUT2D eigenvalue weighted by Gasteiger charge is 2.21. The van der Waals surface area contributed by atoms with E-state index in [9.17, 15) is 4.79 Å². The van der Waals surface area contributed by atoms with Crippen molar-refractivity contribution in [1.82, 2.24) is 10.6 Å². The predicted octanol–water partition coefficient (Wildman–Crippen LogP) is 1.19.